The fourth-order valence-corrected chi connectivity index (χ4v) is 1.94. The second-order valence-corrected chi connectivity index (χ2v) is 5.21. The molecule has 1 heterocycles. The van der Waals surface area contributed by atoms with E-state index in [1.807, 2.05) is 13.8 Å². The van der Waals surface area contributed by atoms with Crippen LogP contribution in [0.2, 0.25) is 0 Å². The molecule has 0 fully saturated rings. The zero-order valence-corrected chi connectivity index (χ0v) is 11.9. The van der Waals surface area contributed by atoms with Gasteiger partial charge < -0.3 is 5.32 Å². The maximum Gasteiger partial charge on any atom is 0.349 e. The van der Waals surface area contributed by atoms with Crippen LogP contribution >= 0.6 is 0 Å². The molecule has 0 bridgehead atoms. The number of benzene rings is 1. The number of aromatic nitrogens is 2. The Hall–Kier alpha value is -2.24. The molecule has 0 aliphatic heterocycles. The molecule has 0 unspecified atom stereocenters. The third kappa shape index (κ3) is 3.87. The van der Waals surface area contributed by atoms with Crippen LogP contribution in [0, 0.1) is 17.6 Å². The van der Waals surface area contributed by atoms with Gasteiger partial charge in [0.2, 0.25) is 0 Å². The lowest BCUT2D eigenvalue weighted by Crippen LogP contribution is -2.26. The number of halogens is 2. The van der Waals surface area contributed by atoms with Gasteiger partial charge in [-0.15, -0.1) is 0 Å². The van der Waals surface area contributed by atoms with E-state index in [0.717, 1.165) is 6.20 Å². The summed E-state index contributed by atoms with van der Waals surface area (Å²) in [4.78, 5) is 15.4. The molecule has 112 valence electrons. The summed E-state index contributed by atoms with van der Waals surface area (Å²) in [5.41, 5.74) is -0.147. The quantitative estimate of drug-likeness (QED) is 0.922. The highest BCUT2D eigenvalue weighted by Crippen LogP contribution is 2.12. The fourth-order valence-electron chi connectivity index (χ4n) is 1.94. The Kier molecular flexibility index (Phi) is 4.67. The monoisotopic (exact) mass is 293 g/mol. The topological polar surface area (TPSA) is 46.9 Å². The number of nitrogens with zero attached hydrogens (tertiary/aromatic N) is 2. The Morgan fingerprint density at radius 2 is 1.95 bits per heavy atom. The average molecular weight is 293 g/mol. The van der Waals surface area contributed by atoms with Crippen LogP contribution in [0.25, 0.3) is 0 Å². The number of hydrogen-bond donors (Lipinski definition) is 1. The van der Waals surface area contributed by atoms with Gasteiger partial charge in [0.15, 0.2) is 11.6 Å². The van der Waals surface area contributed by atoms with Gasteiger partial charge in [0.25, 0.3) is 0 Å². The van der Waals surface area contributed by atoms with Gasteiger partial charge in [-0.1, -0.05) is 32.0 Å². The maximum atomic E-state index is 13.9. The molecule has 0 aliphatic carbocycles. The van der Waals surface area contributed by atoms with Crippen LogP contribution in [0.3, 0.4) is 0 Å². The molecule has 0 atom stereocenters. The minimum Gasteiger partial charge on any atom is -0.363 e. The average Bonchev–Trinajstić information content (AvgIpc) is 2.42. The van der Waals surface area contributed by atoms with Gasteiger partial charge in [0, 0.05) is 24.8 Å². The first-order chi connectivity index (χ1) is 9.97. The van der Waals surface area contributed by atoms with E-state index >= 15 is 0 Å². The second kappa shape index (κ2) is 6.47. The van der Waals surface area contributed by atoms with E-state index in [4.69, 9.17) is 0 Å². The second-order valence-electron chi connectivity index (χ2n) is 5.21. The first-order valence-electron chi connectivity index (χ1n) is 6.71. The summed E-state index contributed by atoms with van der Waals surface area (Å²) in [6.07, 6.45) is 1.12. The van der Waals surface area contributed by atoms with Crippen LogP contribution in [-0.2, 0) is 13.1 Å². The summed E-state index contributed by atoms with van der Waals surface area (Å²) >= 11 is 0. The van der Waals surface area contributed by atoms with Crippen LogP contribution < -0.4 is 11.0 Å². The summed E-state index contributed by atoms with van der Waals surface area (Å²) < 4.78 is 28.6. The predicted molar refractivity (Wildman–Crippen MR) is 77.0 cm³/mol. The van der Waals surface area contributed by atoms with Gasteiger partial charge in [-0.25, -0.2) is 13.6 Å². The number of rotatable bonds is 5. The summed E-state index contributed by atoms with van der Waals surface area (Å²) in [6, 6.07) is 6.16. The molecule has 0 saturated carbocycles. The molecule has 2 aromatic rings. The summed E-state index contributed by atoms with van der Waals surface area (Å²) in [7, 11) is 0. The summed E-state index contributed by atoms with van der Waals surface area (Å²) in [5.74, 6) is -0.977. The zero-order valence-electron chi connectivity index (χ0n) is 11.9. The standard InChI is InChI=1S/C15H17F2N3O/c1-10(2)8-20-9-13(17)14(19-15(20)21)18-7-11-5-3-4-6-12(11)16/h3-6,9-10H,7-8H2,1-2H3,(H,18,19,21). The molecule has 0 saturated heterocycles. The highest BCUT2D eigenvalue weighted by Gasteiger charge is 2.10. The van der Waals surface area contributed by atoms with E-state index in [9.17, 15) is 13.6 Å². The van der Waals surface area contributed by atoms with Crippen LogP contribution in [-0.4, -0.2) is 9.55 Å². The molecule has 0 radical (unpaired) electrons. The molecule has 4 nitrogen and oxygen atoms in total. The van der Waals surface area contributed by atoms with Crippen LogP contribution in [0.5, 0.6) is 0 Å². The van der Waals surface area contributed by atoms with E-state index < -0.39 is 17.3 Å². The molecule has 0 spiro atoms. The lowest BCUT2D eigenvalue weighted by molar-refractivity contribution is 0.485. The van der Waals surface area contributed by atoms with Crippen LogP contribution in [0.4, 0.5) is 14.6 Å². The Labute approximate surface area is 121 Å². The maximum absolute atomic E-state index is 13.9. The smallest absolute Gasteiger partial charge is 0.349 e. The molecule has 0 aliphatic rings. The van der Waals surface area contributed by atoms with E-state index in [1.165, 1.54) is 10.6 Å². The highest BCUT2D eigenvalue weighted by molar-refractivity contribution is 5.35. The van der Waals surface area contributed by atoms with Crippen molar-refractivity contribution in [3.8, 4) is 0 Å². The number of nitrogens with one attached hydrogen (secondary N) is 1. The lowest BCUT2D eigenvalue weighted by Gasteiger charge is -2.11. The van der Waals surface area contributed by atoms with Gasteiger partial charge in [0.1, 0.15) is 5.82 Å². The first-order valence-corrected chi connectivity index (χ1v) is 6.71. The van der Waals surface area contributed by atoms with Crippen molar-refractivity contribution in [3.63, 3.8) is 0 Å². The summed E-state index contributed by atoms with van der Waals surface area (Å²) in [6.45, 7) is 4.31. The Bertz CT molecular complexity index is 683. The van der Waals surface area contributed by atoms with Gasteiger partial charge in [-0.3, -0.25) is 4.57 Å². The molecular weight excluding hydrogens is 276 g/mol. The number of anilines is 1. The van der Waals surface area contributed by atoms with Crippen molar-refractivity contribution in [1.82, 2.24) is 9.55 Å². The Balaban J connectivity index is 2.16. The largest absolute Gasteiger partial charge is 0.363 e. The van der Waals surface area contributed by atoms with Gasteiger partial charge in [-0.05, 0) is 12.0 Å². The van der Waals surface area contributed by atoms with Gasteiger partial charge in [-0.2, -0.15) is 4.98 Å². The van der Waals surface area contributed by atoms with Crippen molar-refractivity contribution in [2.75, 3.05) is 5.32 Å². The molecule has 6 heteroatoms. The first kappa shape index (κ1) is 15.2. The predicted octanol–water partition coefficient (Wildman–Crippen LogP) is 2.79. The van der Waals surface area contributed by atoms with Gasteiger partial charge >= 0.3 is 5.69 Å². The third-order valence-electron chi connectivity index (χ3n) is 2.91. The van der Waals surface area contributed by atoms with Crippen molar-refractivity contribution in [1.29, 1.82) is 0 Å². The van der Waals surface area contributed by atoms with Crippen molar-refractivity contribution in [3.05, 3.63) is 58.1 Å². The third-order valence-corrected chi connectivity index (χ3v) is 2.91. The molecule has 1 aromatic heterocycles. The van der Waals surface area contributed by atoms with Crippen molar-refractivity contribution in [2.24, 2.45) is 5.92 Å². The van der Waals surface area contributed by atoms with E-state index in [-0.39, 0.29) is 18.3 Å². The summed E-state index contributed by atoms with van der Waals surface area (Å²) in [5, 5.41) is 2.65. The molecule has 1 aromatic carbocycles. The Morgan fingerprint density at radius 1 is 1.24 bits per heavy atom. The normalized spacial score (nSPS) is 10.9. The highest BCUT2D eigenvalue weighted by atomic mass is 19.1. The fraction of sp³-hybridized carbons (Fsp3) is 0.333. The van der Waals surface area contributed by atoms with Crippen LogP contribution in [0.15, 0.2) is 35.3 Å². The SMILES string of the molecule is CC(C)Cn1cc(F)c(NCc2ccccc2F)nc1=O. The molecule has 21 heavy (non-hydrogen) atoms. The molecule has 1 N–H and O–H groups in total. The van der Waals surface area contributed by atoms with E-state index in [1.54, 1.807) is 18.2 Å². The zero-order chi connectivity index (χ0) is 15.4. The minimum absolute atomic E-state index is 0.0597. The van der Waals surface area contributed by atoms with Crippen LogP contribution in [0.1, 0.15) is 19.4 Å². The van der Waals surface area contributed by atoms with Crippen molar-refractivity contribution >= 4 is 5.82 Å². The minimum atomic E-state index is -0.633. The van der Waals surface area contributed by atoms with E-state index in [2.05, 4.69) is 10.3 Å². The molecule has 0 amide bonds. The number of hydrogen-bond acceptors (Lipinski definition) is 3. The van der Waals surface area contributed by atoms with E-state index in [0.29, 0.717) is 12.1 Å². The Morgan fingerprint density at radius 3 is 2.62 bits per heavy atom. The lowest BCUT2D eigenvalue weighted by atomic mass is 10.2. The van der Waals surface area contributed by atoms with Crippen molar-refractivity contribution < 1.29 is 8.78 Å². The molecule has 2 rings (SSSR count). The molecular formula is C15H17F2N3O. The van der Waals surface area contributed by atoms with Crippen molar-refractivity contribution in [2.45, 2.75) is 26.9 Å². The van der Waals surface area contributed by atoms with Gasteiger partial charge in [0.05, 0.1) is 0 Å².